The van der Waals surface area contributed by atoms with Crippen molar-refractivity contribution < 1.29 is 9.50 Å². The van der Waals surface area contributed by atoms with Gasteiger partial charge in [-0.3, -0.25) is 4.98 Å². The molecule has 3 heterocycles. The van der Waals surface area contributed by atoms with Crippen LogP contribution in [0.15, 0.2) is 34.2 Å². The van der Waals surface area contributed by atoms with Gasteiger partial charge in [0.1, 0.15) is 11.5 Å². The highest BCUT2D eigenvalue weighted by Crippen LogP contribution is 2.22. The average Bonchev–Trinajstić information content (AvgIpc) is 3.36. The van der Waals surface area contributed by atoms with Crippen molar-refractivity contribution in [2.45, 2.75) is 32.4 Å². The van der Waals surface area contributed by atoms with Crippen LogP contribution < -0.4 is 21.8 Å². The molecule has 1 fully saturated rings. The molecule has 31 heavy (non-hydrogen) atoms. The third-order valence-corrected chi connectivity index (χ3v) is 5.00. The van der Waals surface area contributed by atoms with Crippen LogP contribution in [0.2, 0.25) is 0 Å². The molecule has 0 bridgehead atoms. The van der Waals surface area contributed by atoms with Gasteiger partial charge in [0.05, 0.1) is 12.2 Å². The standard InChI is InChI=1S/C20H19FN8O2/c1-10-6-13(21)3-2-11(10)8-22-18-26-16-12(7-15-17(30)27-20(31)25-15)9-23-29(16)19(28-18)24-14-4-5-14/h2-3,6-7,9,14,30H,4-5,8H2,1H3,(H,22,24,28)(H2,25,27,31). The number of nitrogens with zero attached hydrogens (tertiary/aromatic N) is 5. The lowest BCUT2D eigenvalue weighted by Crippen LogP contribution is -2.24. The van der Waals surface area contributed by atoms with Crippen LogP contribution in [0.4, 0.5) is 10.3 Å². The van der Waals surface area contributed by atoms with Gasteiger partial charge in [0.25, 0.3) is 5.62 Å². The molecular formula is C20H19FN8O2. The van der Waals surface area contributed by atoms with Gasteiger partial charge in [0.2, 0.25) is 11.8 Å². The van der Waals surface area contributed by atoms with E-state index in [1.165, 1.54) is 16.6 Å². The van der Waals surface area contributed by atoms with Crippen molar-refractivity contribution in [3.8, 4) is 5.88 Å². The van der Waals surface area contributed by atoms with E-state index >= 15 is 0 Å². The molecule has 4 aromatic rings. The molecule has 1 saturated carbocycles. The van der Waals surface area contributed by atoms with Crippen LogP contribution in [-0.2, 0) is 6.54 Å². The van der Waals surface area contributed by atoms with E-state index in [4.69, 9.17) is 0 Å². The van der Waals surface area contributed by atoms with Gasteiger partial charge >= 0.3 is 5.69 Å². The number of rotatable bonds is 5. The zero-order valence-electron chi connectivity index (χ0n) is 16.6. The van der Waals surface area contributed by atoms with Gasteiger partial charge < -0.3 is 15.4 Å². The van der Waals surface area contributed by atoms with Gasteiger partial charge in [-0.1, -0.05) is 6.07 Å². The third-order valence-electron chi connectivity index (χ3n) is 5.00. The summed E-state index contributed by atoms with van der Waals surface area (Å²) in [5, 5.41) is 17.9. The number of aromatic amines is 2. The van der Waals surface area contributed by atoms with E-state index < -0.39 is 5.69 Å². The highest BCUT2D eigenvalue weighted by molar-refractivity contribution is 5.57. The Kier molecular flexibility index (Phi) is 4.50. The van der Waals surface area contributed by atoms with Gasteiger partial charge in [-0.05, 0) is 49.1 Å². The monoisotopic (exact) mass is 422 g/mol. The largest absolute Gasteiger partial charge is 0.493 e. The lowest BCUT2D eigenvalue weighted by molar-refractivity contribution is 0.454. The SMILES string of the molecule is Cc1cc(F)ccc1CNc1nc(=NC2CC2)n2ncc(=Cc3[nH]c(=O)[nH]c3O)c2n1. The molecule has 10 nitrogen and oxygen atoms in total. The number of aromatic nitrogens is 6. The number of fused-ring (bicyclic) bond motifs is 1. The molecule has 0 radical (unpaired) electrons. The fraction of sp³-hybridized carbons (Fsp3) is 0.250. The van der Waals surface area contributed by atoms with Crippen molar-refractivity contribution in [2.24, 2.45) is 4.99 Å². The fourth-order valence-corrected chi connectivity index (χ4v) is 3.19. The maximum Gasteiger partial charge on any atom is 0.326 e. The third kappa shape index (κ3) is 3.89. The number of halogens is 1. The van der Waals surface area contributed by atoms with Gasteiger partial charge in [-0.25, -0.2) is 14.2 Å². The molecule has 0 unspecified atom stereocenters. The Morgan fingerprint density at radius 3 is 2.90 bits per heavy atom. The quantitative estimate of drug-likeness (QED) is 0.370. The molecule has 11 heteroatoms. The molecule has 5 rings (SSSR count). The fourth-order valence-electron chi connectivity index (χ4n) is 3.19. The molecule has 1 aliphatic rings. The highest BCUT2D eigenvalue weighted by atomic mass is 19.1. The first-order valence-corrected chi connectivity index (χ1v) is 9.78. The zero-order chi connectivity index (χ0) is 21.5. The molecule has 0 amide bonds. The molecule has 158 valence electrons. The number of hydrogen-bond acceptors (Lipinski definition) is 7. The molecule has 0 aliphatic heterocycles. The maximum atomic E-state index is 13.4. The van der Waals surface area contributed by atoms with Crippen LogP contribution in [0, 0.1) is 12.7 Å². The Hall–Kier alpha value is -4.02. The van der Waals surface area contributed by atoms with Crippen molar-refractivity contribution in [2.75, 3.05) is 5.32 Å². The van der Waals surface area contributed by atoms with Crippen molar-refractivity contribution in [1.29, 1.82) is 0 Å². The smallest absolute Gasteiger partial charge is 0.326 e. The average molecular weight is 422 g/mol. The normalized spacial score (nSPS) is 15.2. The van der Waals surface area contributed by atoms with E-state index in [0.717, 1.165) is 24.0 Å². The lowest BCUT2D eigenvalue weighted by Gasteiger charge is -2.08. The van der Waals surface area contributed by atoms with E-state index in [2.05, 4.69) is 35.3 Å². The molecule has 1 aromatic carbocycles. The summed E-state index contributed by atoms with van der Waals surface area (Å²) in [5.74, 6) is -0.209. The first kappa shape index (κ1) is 19.0. The topological polar surface area (TPSA) is 136 Å². The summed E-state index contributed by atoms with van der Waals surface area (Å²) in [6.45, 7) is 2.25. The summed E-state index contributed by atoms with van der Waals surface area (Å²) < 4.78 is 14.9. The molecule has 0 saturated heterocycles. The maximum absolute atomic E-state index is 13.4. The summed E-state index contributed by atoms with van der Waals surface area (Å²) in [6, 6.07) is 4.82. The minimum absolute atomic E-state index is 0.215. The second-order valence-corrected chi connectivity index (χ2v) is 7.45. The number of benzene rings is 1. The van der Waals surface area contributed by atoms with Crippen molar-refractivity contribution in [1.82, 2.24) is 29.5 Å². The second kappa shape index (κ2) is 7.35. The van der Waals surface area contributed by atoms with E-state index in [0.29, 0.717) is 29.0 Å². The van der Waals surface area contributed by atoms with Crippen LogP contribution in [-0.4, -0.2) is 40.7 Å². The minimum atomic E-state index is -0.517. The number of aromatic hydroxyl groups is 1. The van der Waals surface area contributed by atoms with Gasteiger partial charge in [-0.2, -0.15) is 19.6 Å². The van der Waals surface area contributed by atoms with E-state index in [-0.39, 0.29) is 23.4 Å². The highest BCUT2D eigenvalue weighted by Gasteiger charge is 2.21. The van der Waals surface area contributed by atoms with Crippen LogP contribution in [0.25, 0.3) is 11.7 Å². The number of H-pyrrole nitrogens is 2. The molecule has 4 N–H and O–H groups in total. The second-order valence-electron chi connectivity index (χ2n) is 7.45. The molecule has 0 spiro atoms. The minimum Gasteiger partial charge on any atom is -0.493 e. The predicted octanol–water partition coefficient (Wildman–Crippen LogP) is 0.517. The van der Waals surface area contributed by atoms with Crippen molar-refractivity contribution >= 4 is 17.7 Å². The number of imidazole rings is 1. The molecular weight excluding hydrogens is 403 g/mol. The summed E-state index contributed by atoms with van der Waals surface area (Å²) in [7, 11) is 0. The molecule has 3 aromatic heterocycles. The Morgan fingerprint density at radius 1 is 1.35 bits per heavy atom. The molecule has 0 atom stereocenters. The number of nitrogens with one attached hydrogen (secondary N) is 3. The van der Waals surface area contributed by atoms with E-state index in [1.54, 1.807) is 18.3 Å². The summed E-state index contributed by atoms with van der Waals surface area (Å²) in [6.07, 6.45) is 5.13. The Bertz CT molecular complexity index is 1460. The zero-order valence-corrected chi connectivity index (χ0v) is 16.6. The van der Waals surface area contributed by atoms with Gasteiger partial charge in [0, 0.05) is 11.8 Å². The summed E-state index contributed by atoms with van der Waals surface area (Å²) in [5.41, 5.74) is 2.32. The first-order chi connectivity index (χ1) is 15.0. The van der Waals surface area contributed by atoms with Crippen LogP contribution in [0.3, 0.4) is 0 Å². The number of anilines is 1. The molecule has 1 aliphatic carbocycles. The van der Waals surface area contributed by atoms with Crippen LogP contribution >= 0.6 is 0 Å². The summed E-state index contributed by atoms with van der Waals surface area (Å²) in [4.78, 5) is 29.9. The number of aryl methyl sites for hydroxylation is 1. The van der Waals surface area contributed by atoms with E-state index in [9.17, 15) is 14.3 Å². The van der Waals surface area contributed by atoms with Gasteiger partial charge in [0.15, 0.2) is 5.65 Å². The first-order valence-electron chi connectivity index (χ1n) is 9.78. The summed E-state index contributed by atoms with van der Waals surface area (Å²) >= 11 is 0. The van der Waals surface area contributed by atoms with Crippen LogP contribution in [0.5, 0.6) is 5.88 Å². The van der Waals surface area contributed by atoms with E-state index in [1.807, 2.05) is 6.92 Å². The predicted molar refractivity (Wildman–Crippen MR) is 110 cm³/mol. The Balaban J connectivity index is 1.58. The number of hydrogen-bond donors (Lipinski definition) is 4. The van der Waals surface area contributed by atoms with Crippen molar-refractivity contribution in [3.63, 3.8) is 0 Å². The Labute approximate surface area is 174 Å². The lowest BCUT2D eigenvalue weighted by atomic mass is 10.1. The van der Waals surface area contributed by atoms with Crippen LogP contribution in [0.1, 0.15) is 29.7 Å². The van der Waals surface area contributed by atoms with Crippen molar-refractivity contribution in [3.05, 3.63) is 68.4 Å². The Morgan fingerprint density at radius 2 is 2.19 bits per heavy atom. The van der Waals surface area contributed by atoms with Gasteiger partial charge in [-0.15, -0.1) is 0 Å².